The first-order chi connectivity index (χ1) is 13.6. The topological polar surface area (TPSA) is 42.0 Å². The number of amides is 1. The monoisotopic (exact) mass is 430 g/mol. The lowest BCUT2D eigenvalue weighted by Gasteiger charge is -2.16. The minimum atomic E-state index is -0.105. The third-order valence-corrected chi connectivity index (χ3v) is 5.22. The fraction of sp³-hybridized carbons (Fsp3) is 0.0833. The highest BCUT2D eigenvalue weighted by Gasteiger charge is 2.16. The molecule has 4 rings (SSSR count). The molecule has 138 valence electrons. The second-order valence-electron chi connectivity index (χ2n) is 6.69. The number of halogens is 1. The summed E-state index contributed by atoms with van der Waals surface area (Å²) in [7, 11) is 0. The quantitative estimate of drug-likeness (QED) is 0.421. The lowest BCUT2D eigenvalue weighted by atomic mass is 10.0. The fourth-order valence-corrected chi connectivity index (χ4v) is 3.66. The summed E-state index contributed by atoms with van der Waals surface area (Å²) in [4.78, 5) is 17.9. The zero-order valence-electron chi connectivity index (χ0n) is 15.4. The normalized spacial score (nSPS) is 11.9. The minimum Gasteiger partial charge on any atom is -0.345 e. The van der Waals surface area contributed by atoms with Crippen LogP contribution in [0.2, 0.25) is 0 Å². The van der Waals surface area contributed by atoms with Crippen molar-refractivity contribution in [2.24, 2.45) is 0 Å². The summed E-state index contributed by atoms with van der Waals surface area (Å²) in [6.07, 6.45) is 0. The molecule has 0 saturated heterocycles. The zero-order valence-corrected chi connectivity index (χ0v) is 17.0. The van der Waals surface area contributed by atoms with E-state index in [0.717, 1.165) is 32.2 Å². The van der Waals surface area contributed by atoms with E-state index in [2.05, 4.69) is 21.2 Å². The van der Waals surface area contributed by atoms with E-state index >= 15 is 0 Å². The summed E-state index contributed by atoms with van der Waals surface area (Å²) in [6.45, 7) is 1.99. The van der Waals surface area contributed by atoms with Gasteiger partial charge in [0.15, 0.2) is 0 Å². The molecular weight excluding hydrogens is 412 g/mol. The van der Waals surface area contributed by atoms with Crippen LogP contribution in [-0.4, -0.2) is 10.9 Å². The molecule has 3 aromatic carbocycles. The average Bonchev–Trinajstić information content (AvgIpc) is 2.73. The van der Waals surface area contributed by atoms with Crippen LogP contribution in [0.5, 0.6) is 0 Å². The van der Waals surface area contributed by atoms with Crippen molar-refractivity contribution in [1.29, 1.82) is 0 Å². The van der Waals surface area contributed by atoms with E-state index in [1.54, 1.807) is 0 Å². The van der Waals surface area contributed by atoms with Crippen LogP contribution in [0.3, 0.4) is 0 Å². The summed E-state index contributed by atoms with van der Waals surface area (Å²) in [6, 6.07) is 27.4. The van der Waals surface area contributed by atoms with E-state index in [-0.39, 0.29) is 11.9 Å². The first kappa shape index (κ1) is 18.4. The summed E-state index contributed by atoms with van der Waals surface area (Å²) in [5, 5.41) is 3.97. The number of hydrogen-bond donors (Lipinski definition) is 1. The molecule has 28 heavy (non-hydrogen) atoms. The minimum absolute atomic E-state index is 0.0880. The molecule has 0 aliphatic heterocycles. The van der Waals surface area contributed by atoms with Gasteiger partial charge in [-0.1, -0.05) is 76.6 Å². The van der Waals surface area contributed by atoms with Crippen LogP contribution in [0.25, 0.3) is 22.2 Å². The van der Waals surface area contributed by atoms with Crippen molar-refractivity contribution >= 4 is 32.7 Å². The Balaban J connectivity index is 1.76. The highest BCUT2D eigenvalue weighted by atomic mass is 79.9. The summed E-state index contributed by atoms with van der Waals surface area (Å²) < 4.78 is 0.976. The second-order valence-corrected chi connectivity index (χ2v) is 7.60. The van der Waals surface area contributed by atoms with Crippen LogP contribution in [0, 0.1) is 0 Å². The van der Waals surface area contributed by atoms with Crippen LogP contribution in [0.4, 0.5) is 0 Å². The molecule has 0 aliphatic rings. The molecule has 1 heterocycles. The van der Waals surface area contributed by atoms with Gasteiger partial charge in [-0.3, -0.25) is 4.79 Å². The zero-order chi connectivity index (χ0) is 19.5. The fourth-order valence-electron chi connectivity index (χ4n) is 3.26. The van der Waals surface area contributed by atoms with Gasteiger partial charge in [-0.2, -0.15) is 0 Å². The first-order valence-corrected chi connectivity index (χ1v) is 9.92. The number of nitrogens with one attached hydrogen (secondary N) is 1. The van der Waals surface area contributed by atoms with Crippen LogP contribution in [-0.2, 0) is 0 Å². The SMILES string of the molecule is CC(NC(=O)c1cc(-c2cccc(Br)c2)nc2ccccc12)c1ccccc1. The molecule has 1 unspecified atom stereocenters. The van der Waals surface area contributed by atoms with Crippen molar-refractivity contribution in [3.63, 3.8) is 0 Å². The van der Waals surface area contributed by atoms with Gasteiger partial charge in [0.05, 0.1) is 22.8 Å². The number of pyridine rings is 1. The Kier molecular flexibility index (Phi) is 5.22. The van der Waals surface area contributed by atoms with E-state index in [1.165, 1.54) is 0 Å². The molecule has 4 aromatic rings. The Bertz CT molecular complexity index is 1140. The molecule has 0 bridgehead atoms. The van der Waals surface area contributed by atoms with Gasteiger partial charge in [0.2, 0.25) is 0 Å². The van der Waals surface area contributed by atoms with Crippen molar-refractivity contribution in [1.82, 2.24) is 10.3 Å². The molecule has 0 radical (unpaired) electrons. The lowest BCUT2D eigenvalue weighted by molar-refractivity contribution is 0.0941. The molecule has 3 nitrogen and oxygen atoms in total. The summed E-state index contributed by atoms with van der Waals surface area (Å²) in [5.41, 5.74) is 4.24. The van der Waals surface area contributed by atoms with Gasteiger partial charge in [-0.05, 0) is 36.8 Å². The van der Waals surface area contributed by atoms with E-state index in [4.69, 9.17) is 4.98 Å². The Morgan fingerprint density at radius 2 is 1.68 bits per heavy atom. The average molecular weight is 431 g/mol. The third-order valence-electron chi connectivity index (χ3n) is 4.73. The van der Waals surface area contributed by atoms with Crippen molar-refractivity contribution in [3.05, 3.63) is 101 Å². The number of rotatable bonds is 4. The predicted molar refractivity (Wildman–Crippen MR) is 117 cm³/mol. The van der Waals surface area contributed by atoms with Gasteiger partial charge in [0, 0.05) is 15.4 Å². The van der Waals surface area contributed by atoms with Crippen LogP contribution in [0.15, 0.2) is 89.4 Å². The molecule has 1 atom stereocenters. The maximum atomic E-state index is 13.1. The molecule has 0 saturated carbocycles. The number of carbonyl (C=O) groups is 1. The first-order valence-electron chi connectivity index (χ1n) is 9.13. The molecule has 1 amide bonds. The van der Waals surface area contributed by atoms with Crippen molar-refractivity contribution < 1.29 is 4.79 Å². The van der Waals surface area contributed by atoms with Gasteiger partial charge in [0.25, 0.3) is 5.91 Å². The Morgan fingerprint density at radius 1 is 0.929 bits per heavy atom. The largest absolute Gasteiger partial charge is 0.345 e. The highest BCUT2D eigenvalue weighted by Crippen LogP contribution is 2.27. The van der Waals surface area contributed by atoms with E-state index < -0.39 is 0 Å². The van der Waals surface area contributed by atoms with E-state index in [1.807, 2.05) is 91.9 Å². The number of carbonyl (C=O) groups excluding carboxylic acids is 1. The Hall–Kier alpha value is -2.98. The number of hydrogen-bond acceptors (Lipinski definition) is 2. The molecule has 1 aromatic heterocycles. The number of fused-ring (bicyclic) bond motifs is 1. The highest BCUT2D eigenvalue weighted by molar-refractivity contribution is 9.10. The summed E-state index contributed by atoms with van der Waals surface area (Å²) >= 11 is 3.51. The molecule has 4 heteroatoms. The molecule has 0 aliphatic carbocycles. The smallest absolute Gasteiger partial charge is 0.252 e. The van der Waals surface area contributed by atoms with Gasteiger partial charge in [-0.15, -0.1) is 0 Å². The molecule has 0 fully saturated rings. The number of para-hydroxylation sites is 1. The molecular formula is C24H19BrN2O. The van der Waals surface area contributed by atoms with Crippen molar-refractivity contribution in [2.75, 3.05) is 0 Å². The molecule has 0 spiro atoms. The maximum absolute atomic E-state index is 13.1. The Morgan fingerprint density at radius 3 is 2.46 bits per heavy atom. The van der Waals surface area contributed by atoms with Crippen LogP contribution in [0.1, 0.15) is 28.9 Å². The number of benzene rings is 3. The maximum Gasteiger partial charge on any atom is 0.252 e. The standard InChI is InChI=1S/C24H19BrN2O/c1-16(17-8-3-2-4-9-17)26-24(28)21-15-23(18-10-7-11-19(25)14-18)27-22-13-6-5-12-20(21)22/h2-16H,1H3,(H,26,28). The Labute approximate surface area is 172 Å². The van der Waals surface area contributed by atoms with Gasteiger partial charge >= 0.3 is 0 Å². The number of aromatic nitrogens is 1. The van der Waals surface area contributed by atoms with Crippen molar-refractivity contribution in [2.45, 2.75) is 13.0 Å². The predicted octanol–water partition coefficient (Wildman–Crippen LogP) is 6.16. The van der Waals surface area contributed by atoms with Gasteiger partial charge in [-0.25, -0.2) is 4.98 Å². The van der Waals surface area contributed by atoms with E-state index in [9.17, 15) is 4.79 Å². The van der Waals surface area contributed by atoms with Gasteiger partial charge < -0.3 is 5.32 Å². The summed E-state index contributed by atoms with van der Waals surface area (Å²) in [5.74, 6) is -0.105. The molecule has 1 N–H and O–H groups in total. The van der Waals surface area contributed by atoms with Crippen LogP contribution >= 0.6 is 15.9 Å². The van der Waals surface area contributed by atoms with Gasteiger partial charge in [0.1, 0.15) is 0 Å². The number of nitrogens with zero attached hydrogens (tertiary/aromatic N) is 1. The van der Waals surface area contributed by atoms with E-state index in [0.29, 0.717) is 5.56 Å². The second kappa shape index (κ2) is 7.95. The van der Waals surface area contributed by atoms with Crippen molar-refractivity contribution in [3.8, 4) is 11.3 Å². The van der Waals surface area contributed by atoms with Crippen LogP contribution < -0.4 is 5.32 Å². The third kappa shape index (κ3) is 3.82. The lowest BCUT2D eigenvalue weighted by Crippen LogP contribution is -2.27.